The number of rotatable bonds is 5. The number of methoxy groups -OCH3 is 2. The van der Waals surface area contributed by atoms with Crippen molar-refractivity contribution in [2.24, 2.45) is 0 Å². The van der Waals surface area contributed by atoms with Crippen molar-refractivity contribution in [1.82, 2.24) is 14.2 Å². The molecule has 1 aliphatic rings. The molecule has 0 bridgehead atoms. The number of nitrogens with zero attached hydrogens (tertiary/aromatic N) is 3. The third kappa shape index (κ3) is 3.94. The normalized spacial score (nSPS) is 15.1. The first-order chi connectivity index (χ1) is 15.0. The Morgan fingerprint density at radius 3 is 2.42 bits per heavy atom. The van der Waals surface area contributed by atoms with Crippen LogP contribution in [0.25, 0.3) is 10.8 Å². The highest BCUT2D eigenvalue weighted by Gasteiger charge is 2.33. The molecule has 1 amide bonds. The Labute approximate surface area is 181 Å². The molecular weight excluding hydrogens is 418 g/mol. The summed E-state index contributed by atoms with van der Waals surface area (Å²) in [4.78, 5) is 19.1. The maximum absolute atomic E-state index is 13.2. The van der Waals surface area contributed by atoms with Crippen LogP contribution in [0.2, 0.25) is 0 Å². The van der Waals surface area contributed by atoms with Crippen LogP contribution in [0.1, 0.15) is 10.5 Å². The summed E-state index contributed by atoms with van der Waals surface area (Å²) in [5.41, 5.74) is 0.379. The molecule has 0 N–H and O–H groups in total. The van der Waals surface area contributed by atoms with E-state index in [0.29, 0.717) is 11.4 Å². The lowest BCUT2D eigenvalue weighted by atomic mass is 10.1. The lowest BCUT2D eigenvalue weighted by Gasteiger charge is -2.34. The summed E-state index contributed by atoms with van der Waals surface area (Å²) in [6.45, 7) is 0.906. The standard InChI is InChI=1S/C22H23N3O5S/c1-29-17-7-8-19(30-2)20(15-17)31(27,28)25-13-11-24(12-14-25)22(26)21-18-6-4-3-5-16(18)9-10-23-21/h3-10,15H,11-14H2,1-2H3. The van der Waals surface area contributed by atoms with Crippen molar-refractivity contribution in [2.45, 2.75) is 4.90 Å². The first-order valence-electron chi connectivity index (χ1n) is 9.81. The first-order valence-corrected chi connectivity index (χ1v) is 11.2. The molecule has 8 nitrogen and oxygen atoms in total. The quantitative estimate of drug-likeness (QED) is 0.604. The Kier molecular flexibility index (Phi) is 5.79. The number of sulfonamides is 1. The van der Waals surface area contributed by atoms with Crippen LogP contribution in [0.4, 0.5) is 0 Å². The molecule has 2 aromatic carbocycles. The summed E-state index contributed by atoms with van der Waals surface area (Å²) < 4.78 is 38.2. The number of fused-ring (bicyclic) bond motifs is 1. The molecule has 31 heavy (non-hydrogen) atoms. The molecule has 0 radical (unpaired) electrons. The molecule has 0 aliphatic carbocycles. The molecule has 0 unspecified atom stereocenters. The summed E-state index contributed by atoms with van der Waals surface area (Å²) >= 11 is 0. The average Bonchev–Trinajstić information content (AvgIpc) is 2.82. The van der Waals surface area contributed by atoms with E-state index in [1.54, 1.807) is 23.2 Å². The topological polar surface area (TPSA) is 89.0 Å². The fraction of sp³-hybridized carbons (Fsp3) is 0.273. The lowest BCUT2D eigenvalue weighted by molar-refractivity contribution is 0.0694. The predicted octanol–water partition coefficient (Wildman–Crippen LogP) is 2.40. The fourth-order valence-corrected chi connectivity index (χ4v) is 5.29. The highest BCUT2D eigenvalue weighted by atomic mass is 32.2. The Morgan fingerprint density at radius 2 is 1.71 bits per heavy atom. The molecule has 4 rings (SSSR count). The van der Waals surface area contributed by atoms with E-state index in [4.69, 9.17) is 9.47 Å². The zero-order valence-electron chi connectivity index (χ0n) is 17.3. The van der Waals surface area contributed by atoms with Crippen LogP contribution in [-0.2, 0) is 10.0 Å². The van der Waals surface area contributed by atoms with E-state index in [-0.39, 0.29) is 42.7 Å². The van der Waals surface area contributed by atoms with Gasteiger partial charge < -0.3 is 14.4 Å². The second-order valence-electron chi connectivity index (χ2n) is 7.09. The minimum absolute atomic E-state index is 0.0462. The van der Waals surface area contributed by atoms with Crippen molar-refractivity contribution in [3.05, 3.63) is 60.4 Å². The molecule has 2 heterocycles. The molecule has 1 fully saturated rings. The first kappa shape index (κ1) is 21.1. The monoisotopic (exact) mass is 441 g/mol. The van der Waals surface area contributed by atoms with E-state index in [1.807, 2.05) is 30.3 Å². The Bertz CT molecular complexity index is 1220. The number of amides is 1. The fourth-order valence-electron chi connectivity index (χ4n) is 3.70. The third-order valence-corrected chi connectivity index (χ3v) is 7.31. The number of benzene rings is 2. The van der Waals surface area contributed by atoms with Gasteiger partial charge in [-0.2, -0.15) is 4.31 Å². The minimum atomic E-state index is -3.81. The smallest absolute Gasteiger partial charge is 0.273 e. The minimum Gasteiger partial charge on any atom is -0.497 e. The van der Waals surface area contributed by atoms with Gasteiger partial charge in [0, 0.05) is 43.8 Å². The van der Waals surface area contributed by atoms with Crippen molar-refractivity contribution in [2.75, 3.05) is 40.4 Å². The van der Waals surface area contributed by atoms with Crippen LogP contribution < -0.4 is 9.47 Å². The number of pyridine rings is 1. The summed E-state index contributed by atoms with van der Waals surface area (Å²) in [5.74, 6) is 0.474. The van der Waals surface area contributed by atoms with E-state index in [2.05, 4.69) is 4.98 Å². The molecular formula is C22H23N3O5S. The van der Waals surface area contributed by atoms with Gasteiger partial charge in [0.15, 0.2) is 0 Å². The number of hydrogen-bond acceptors (Lipinski definition) is 6. The van der Waals surface area contributed by atoms with Crippen LogP contribution in [0.5, 0.6) is 11.5 Å². The van der Waals surface area contributed by atoms with Crippen LogP contribution in [0, 0.1) is 0 Å². The molecule has 1 aliphatic heterocycles. The second kappa shape index (κ2) is 8.52. The lowest BCUT2D eigenvalue weighted by Crippen LogP contribution is -2.50. The van der Waals surface area contributed by atoms with Crippen LogP contribution in [0.15, 0.2) is 59.6 Å². The SMILES string of the molecule is COc1ccc(OC)c(S(=O)(=O)N2CCN(C(=O)c3nccc4ccccc34)CC2)c1. The molecule has 0 saturated carbocycles. The van der Waals surface area contributed by atoms with Gasteiger partial charge in [-0.1, -0.05) is 24.3 Å². The van der Waals surface area contributed by atoms with Gasteiger partial charge in [0.25, 0.3) is 5.91 Å². The number of piperazine rings is 1. The van der Waals surface area contributed by atoms with Gasteiger partial charge in [-0.05, 0) is 23.6 Å². The average molecular weight is 442 g/mol. The maximum atomic E-state index is 13.2. The number of carbonyl (C=O) groups is 1. The predicted molar refractivity (Wildman–Crippen MR) is 116 cm³/mol. The Balaban J connectivity index is 1.54. The van der Waals surface area contributed by atoms with Gasteiger partial charge in [0.2, 0.25) is 10.0 Å². The molecule has 162 valence electrons. The van der Waals surface area contributed by atoms with Crippen LogP contribution in [-0.4, -0.2) is 68.9 Å². The number of hydrogen-bond donors (Lipinski definition) is 0. The van der Waals surface area contributed by atoms with Crippen molar-refractivity contribution >= 4 is 26.7 Å². The molecule has 9 heteroatoms. The molecule has 1 aromatic heterocycles. The molecule has 1 saturated heterocycles. The van der Waals surface area contributed by atoms with E-state index in [1.165, 1.54) is 24.6 Å². The van der Waals surface area contributed by atoms with Gasteiger partial charge in [-0.3, -0.25) is 9.78 Å². The Morgan fingerprint density at radius 1 is 0.968 bits per heavy atom. The number of carbonyl (C=O) groups excluding carboxylic acids is 1. The summed E-state index contributed by atoms with van der Waals surface area (Å²) in [6, 6.07) is 14.1. The van der Waals surface area contributed by atoms with Gasteiger partial charge in [-0.25, -0.2) is 8.42 Å². The summed E-state index contributed by atoms with van der Waals surface area (Å²) in [5, 5.41) is 1.72. The van der Waals surface area contributed by atoms with Crippen molar-refractivity contribution < 1.29 is 22.7 Å². The zero-order valence-corrected chi connectivity index (χ0v) is 18.1. The van der Waals surface area contributed by atoms with E-state index in [0.717, 1.165) is 10.8 Å². The van der Waals surface area contributed by atoms with Gasteiger partial charge >= 0.3 is 0 Å². The summed E-state index contributed by atoms with van der Waals surface area (Å²) in [6.07, 6.45) is 1.62. The van der Waals surface area contributed by atoms with E-state index < -0.39 is 10.0 Å². The largest absolute Gasteiger partial charge is 0.497 e. The van der Waals surface area contributed by atoms with E-state index >= 15 is 0 Å². The second-order valence-corrected chi connectivity index (χ2v) is 9.00. The number of aromatic nitrogens is 1. The van der Waals surface area contributed by atoms with Crippen LogP contribution >= 0.6 is 0 Å². The van der Waals surface area contributed by atoms with Crippen molar-refractivity contribution in [3.63, 3.8) is 0 Å². The zero-order chi connectivity index (χ0) is 22.0. The van der Waals surface area contributed by atoms with Crippen molar-refractivity contribution in [3.8, 4) is 11.5 Å². The number of ether oxygens (including phenoxy) is 2. The van der Waals surface area contributed by atoms with Crippen LogP contribution in [0.3, 0.4) is 0 Å². The maximum Gasteiger partial charge on any atom is 0.273 e. The van der Waals surface area contributed by atoms with Gasteiger partial charge in [0.1, 0.15) is 22.1 Å². The highest BCUT2D eigenvalue weighted by Crippen LogP contribution is 2.31. The molecule has 0 atom stereocenters. The van der Waals surface area contributed by atoms with Crippen molar-refractivity contribution in [1.29, 1.82) is 0 Å². The van der Waals surface area contributed by atoms with Gasteiger partial charge in [-0.15, -0.1) is 0 Å². The highest BCUT2D eigenvalue weighted by molar-refractivity contribution is 7.89. The van der Waals surface area contributed by atoms with Gasteiger partial charge in [0.05, 0.1) is 14.2 Å². The Hall–Kier alpha value is -3.17. The summed E-state index contributed by atoms with van der Waals surface area (Å²) in [7, 11) is -0.910. The third-order valence-electron chi connectivity index (χ3n) is 5.39. The molecule has 3 aromatic rings. The van der Waals surface area contributed by atoms with E-state index in [9.17, 15) is 13.2 Å². The molecule has 0 spiro atoms.